The van der Waals surface area contributed by atoms with E-state index < -0.39 is 14.8 Å². The maximum absolute atomic E-state index is 11.7. The van der Waals surface area contributed by atoms with E-state index in [1.807, 2.05) is 0 Å². The first kappa shape index (κ1) is 9.45. The van der Waals surface area contributed by atoms with Gasteiger partial charge in [-0.25, -0.2) is 8.42 Å². The molecule has 0 spiro atoms. The Balaban J connectivity index is 2.20. The Morgan fingerprint density at radius 1 is 1.50 bits per heavy atom. The maximum atomic E-state index is 11.7. The molecule has 0 aromatic carbocycles. The summed E-state index contributed by atoms with van der Waals surface area (Å²) >= 11 is 0. The topological polar surface area (TPSA) is 59.1 Å². The van der Waals surface area contributed by atoms with Crippen molar-refractivity contribution < 1.29 is 8.42 Å². The van der Waals surface area contributed by atoms with Crippen molar-refractivity contribution in [2.75, 3.05) is 4.72 Å². The summed E-state index contributed by atoms with van der Waals surface area (Å²) in [6, 6.07) is 3.39. The SMILES string of the molecule is CC1(S(=O)(=O)Nc2cccnc2)CC1. The number of rotatable bonds is 3. The van der Waals surface area contributed by atoms with Gasteiger partial charge in [0.25, 0.3) is 0 Å². The van der Waals surface area contributed by atoms with Gasteiger partial charge in [-0.3, -0.25) is 9.71 Å². The van der Waals surface area contributed by atoms with Gasteiger partial charge in [-0.1, -0.05) is 0 Å². The van der Waals surface area contributed by atoms with Crippen molar-refractivity contribution in [1.29, 1.82) is 0 Å². The van der Waals surface area contributed by atoms with E-state index in [2.05, 4.69) is 9.71 Å². The zero-order valence-corrected chi connectivity index (χ0v) is 8.71. The molecule has 0 aliphatic heterocycles. The minimum absolute atomic E-state index is 0.528. The van der Waals surface area contributed by atoms with E-state index in [0.29, 0.717) is 5.69 Å². The fraction of sp³-hybridized carbons (Fsp3) is 0.444. The monoisotopic (exact) mass is 212 g/mol. The van der Waals surface area contributed by atoms with Crippen molar-refractivity contribution in [2.45, 2.75) is 24.5 Å². The molecule has 5 heteroatoms. The van der Waals surface area contributed by atoms with Gasteiger partial charge in [0.1, 0.15) is 0 Å². The third kappa shape index (κ3) is 1.59. The van der Waals surface area contributed by atoms with E-state index in [9.17, 15) is 8.42 Å². The third-order valence-electron chi connectivity index (χ3n) is 2.52. The second kappa shape index (κ2) is 2.95. The molecule has 1 aliphatic rings. The number of hydrogen-bond donors (Lipinski definition) is 1. The second-order valence-corrected chi connectivity index (χ2v) is 5.99. The second-order valence-electron chi connectivity index (χ2n) is 3.80. The molecular formula is C9H12N2O2S. The lowest BCUT2D eigenvalue weighted by atomic mass is 10.4. The summed E-state index contributed by atoms with van der Waals surface area (Å²) in [4.78, 5) is 3.84. The van der Waals surface area contributed by atoms with Crippen molar-refractivity contribution in [3.05, 3.63) is 24.5 Å². The highest BCUT2D eigenvalue weighted by Gasteiger charge is 2.50. The van der Waals surface area contributed by atoms with Gasteiger partial charge in [-0.2, -0.15) is 0 Å². The molecular weight excluding hydrogens is 200 g/mol. The molecule has 0 radical (unpaired) electrons. The molecule has 1 aromatic heterocycles. The lowest BCUT2D eigenvalue weighted by Crippen LogP contribution is -2.26. The standard InChI is InChI=1S/C9H12N2O2S/c1-9(4-5-9)14(12,13)11-8-3-2-6-10-7-8/h2-3,6-7,11H,4-5H2,1H3. The number of hydrogen-bond acceptors (Lipinski definition) is 3. The predicted molar refractivity (Wildman–Crippen MR) is 54.4 cm³/mol. The molecule has 1 saturated carbocycles. The molecule has 1 aromatic rings. The van der Waals surface area contributed by atoms with Crippen molar-refractivity contribution in [3.8, 4) is 0 Å². The Hall–Kier alpha value is -1.10. The number of nitrogens with zero attached hydrogens (tertiary/aromatic N) is 1. The summed E-state index contributed by atoms with van der Waals surface area (Å²) in [6.07, 6.45) is 4.59. The predicted octanol–water partition coefficient (Wildman–Crippen LogP) is 1.38. The van der Waals surface area contributed by atoms with Crippen LogP contribution in [-0.2, 0) is 10.0 Å². The lowest BCUT2D eigenvalue weighted by molar-refractivity contribution is 0.587. The normalized spacial score (nSPS) is 18.9. The Kier molecular flexibility index (Phi) is 1.99. The van der Waals surface area contributed by atoms with E-state index in [-0.39, 0.29) is 0 Å². The third-order valence-corrected chi connectivity index (χ3v) is 4.73. The van der Waals surface area contributed by atoms with E-state index >= 15 is 0 Å². The number of anilines is 1. The molecule has 1 fully saturated rings. The molecule has 0 bridgehead atoms. The first-order chi connectivity index (χ1) is 6.54. The average molecular weight is 212 g/mol. The lowest BCUT2D eigenvalue weighted by Gasteiger charge is -2.12. The Labute approximate surface area is 83.4 Å². The summed E-state index contributed by atoms with van der Waals surface area (Å²) < 4.78 is 25.5. The van der Waals surface area contributed by atoms with Gasteiger partial charge in [-0.05, 0) is 31.9 Å². The average Bonchev–Trinajstić information content (AvgIpc) is 2.86. The Morgan fingerprint density at radius 2 is 2.21 bits per heavy atom. The number of aromatic nitrogens is 1. The molecule has 0 saturated heterocycles. The largest absolute Gasteiger partial charge is 0.282 e. The van der Waals surface area contributed by atoms with E-state index in [0.717, 1.165) is 12.8 Å². The van der Waals surface area contributed by atoms with Gasteiger partial charge in [0.2, 0.25) is 10.0 Å². The summed E-state index contributed by atoms with van der Waals surface area (Å²) in [7, 11) is -3.23. The van der Waals surface area contributed by atoms with E-state index in [4.69, 9.17) is 0 Å². The summed E-state index contributed by atoms with van der Waals surface area (Å²) in [5.74, 6) is 0. The van der Waals surface area contributed by atoms with Crippen LogP contribution in [0.5, 0.6) is 0 Å². The van der Waals surface area contributed by atoms with Gasteiger partial charge in [0, 0.05) is 6.20 Å². The van der Waals surface area contributed by atoms with Gasteiger partial charge in [0.05, 0.1) is 16.6 Å². The highest BCUT2D eigenvalue weighted by molar-refractivity contribution is 7.94. The van der Waals surface area contributed by atoms with Crippen LogP contribution >= 0.6 is 0 Å². The van der Waals surface area contributed by atoms with Crippen LogP contribution in [0.4, 0.5) is 5.69 Å². The zero-order valence-electron chi connectivity index (χ0n) is 7.90. The number of nitrogens with one attached hydrogen (secondary N) is 1. The van der Waals surface area contributed by atoms with Gasteiger partial charge in [0.15, 0.2) is 0 Å². The summed E-state index contributed by atoms with van der Waals surface area (Å²) in [6.45, 7) is 1.76. The smallest absolute Gasteiger partial charge is 0.238 e. The first-order valence-electron chi connectivity index (χ1n) is 4.46. The summed E-state index contributed by atoms with van der Waals surface area (Å²) in [5, 5.41) is 0. The minimum Gasteiger partial charge on any atom is -0.282 e. The highest BCUT2D eigenvalue weighted by Crippen LogP contribution is 2.43. The molecule has 1 aliphatic carbocycles. The molecule has 0 atom stereocenters. The van der Waals surface area contributed by atoms with Gasteiger partial charge >= 0.3 is 0 Å². The molecule has 2 rings (SSSR count). The van der Waals surface area contributed by atoms with Crippen LogP contribution in [0.2, 0.25) is 0 Å². The molecule has 76 valence electrons. The van der Waals surface area contributed by atoms with E-state index in [1.165, 1.54) is 6.20 Å². The molecule has 0 unspecified atom stereocenters. The molecule has 1 N–H and O–H groups in total. The Bertz CT molecular complexity index is 423. The van der Waals surface area contributed by atoms with Crippen molar-refractivity contribution >= 4 is 15.7 Å². The van der Waals surface area contributed by atoms with Crippen LogP contribution in [-0.4, -0.2) is 18.1 Å². The molecule has 1 heterocycles. The fourth-order valence-electron chi connectivity index (χ4n) is 1.15. The quantitative estimate of drug-likeness (QED) is 0.823. The van der Waals surface area contributed by atoms with Crippen molar-refractivity contribution in [3.63, 3.8) is 0 Å². The molecule has 0 amide bonds. The van der Waals surface area contributed by atoms with Gasteiger partial charge in [-0.15, -0.1) is 0 Å². The first-order valence-corrected chi connectivity index (χ1v) is 5.94. The molecule has 4 nitrogen and oxygen atoms in total. The molecule has 14 heavy (non-hydrogen) atoms. The van der Waals surface area contributed by atoms with Crippen LogP contribution in [0.1, 0.15) is 19.8 Å². The number of sulfonamides is 1. The maximum Gasteiger partial charge on any atom is 0.238 e. The fourth-order valence-corrected chi connectivity index (χ4v) is 2.46. The van der Waals surface area contributed by atoms with Crippen LogP contribution in [0.3, 0.4) is 0 Å². The number of pyridine rings is 1. The summed E-state index contributed by atoms with van der Waals surface area (Å²) in [5.41, 5.74) is 0.528. The van der Waals surface area contributed by atoms with Crippen LogP contribution in [0.15, 0.2) is 24.5 Å². The van der Waals surface area contributed by atoms with Crippen LogP contribution < -0.4 is 4.72 Å². The van der Waals surface area contributed by atoms with E-state index in [1.54, 1.807) is 25.3 Å². The zero-order chi connectivity index (χ0) is 10.2. The minimum atomic E-state index is -3.23. The van der Waals surface area contributed by atoms with Crippen molar-refractivity contribution in [1.82, 2.24) is 4.98 Å². The van der Waals surface area contributed by atoms with Crippen LogP contribution in [0.25, 0.3) is 0 Å². The Morgan fingerprint density at radius 3 is 2.71 bits per heavy atom. The van der Waals surface area contributed by atoms with Crippen LogP contribution in [0, 0.1) is 0 Å². The highest BCUT2D eigenvalue weighted by atomic mass is 32.2. The van der Waals surface area contributed by atoms with Gasteiger partial charge < -0.3 is 0 Å². The van der Waals surface area contributed by atoms with Crippen molar-refractivity contribution in [2.24, 2.45) is 0 Å².